The van der Waals surface area contributed by atoms with Crippen molar-refractivity contribution >= 4 is 11.8 Å². The van der Waals surface area contributed by atoms with Crippen LogP contribution in [-0.2, 0) is 4.79 Å². The third kappa shape index (κ3) is 3.82. The van der Waals surface area contributed by atoms with Gasteiger partial charge in [-0.3, -0.25) is 9.69 Å². The Morgan fingerprint density at radius 2 is 2.11 bits per heavy atom. The zero-order chi connectivity index (χ0) is 13.7. The SMILES string of the molecule is COc1ccc(N2CCN(CCC(=O)O)CC2)nc1. The Labute approximate surface area is 112 Å². The molecule has 1 aromatic rings. The molecule has 1 N–H and O–H groups in total. The average molecular weight is 265 g/mol. The molecule has 19 heavy (non-hydrogen) atoms. The monoisotopic (exact) mass is 265 g/mol. The maximum Gasteiger partial charge on any atom is 0.304 e. The first-order valence-corrected chi connectivity index (χ1v) is 6.38. The smallest absolute Gasteiger partial charge is 0.304 e. The van der Waals surface area contributed by atoms with Crippen molar-refractivity contribution in [3.8, 4) is 5.75 Å². The van der Waals surface area contributed by atoms with Crippen LogP contribution in [0.3, 0.4) is 0 Å². The first-order chi connectivity index (χ1) is 9.19. The van der Waals surface area contributed by atoms with Gasteiger partial charge in [-0.25, -0.2) is 4.98 Å². The van der Waals surface area contributed by atoms with E-state index in [1.165, 1.54) is 0 Å². The summed E-state index contributed by atoms with van der Waals surface area (Å²) in [4.78, 5) is 19.3. The van der Waals surface area contributed by atoms with E-state index in [-0.39, 0.29) is 6.42 Å². The normalized spacial score (nSPS) is 16.4. The fourth-order valence-corrected chi connectivity index (χ4v) is 2.13. The van der Waals surface area contributed by atoms with E-state index >= 15 is 0 Å². The number of carbonyl (C=O) groups is 1. The van der Waals surface area contributed by atoms with E-state index in [1.807, 2.05) is 12.1 Å². The zero-order valence-electron chi connectivity index (χ0n) is 11.1. The molecular formula is C13H19N3O3. The molecule has 104 valence electrons. The highest BCUT2D eigenvalue weighted by Gasteiger charge is 2.18. The van der Waals surface area contributed by atoms with Crippen LogP contribution in [0, 0.1) is 0 Å². The van der Waals surface area contributed by atoms with Crippen molar-refractivity contribution in [3.05, 3.63) is 18.3 Å². The van der Waals surface area contributed by atoms with Crippen molar-refractivity contribution in [3.63, 3.8) is 0 Å². The van der Waals surface area contributed by atoms with E-state index in [1.54, 1.807) is 13.3 Å². The number of nitrogens with zero attached hydrogens (tertiary/aromatic N) is 3. The summed E-state index contributed by atoms with van der Waals surface area (Å²) in [6.07, 6.45) is 1.92. The van der Waals surface area contributed by atoms with Gasteiger partial charge in [0.05, 0.1) is 19.7 Å². The number of aliphatic carboxylic acids is 1. The molecule has 0 spiro atoms. The zero-order valence-corrected chi connectivity index (χ0v) is 11.1. The second kappa shape index (κ2) is 6.38. The molecule has 0 unspecified atom stereocenters. The van der Waals surface area contributed by atoms with Crippen molar-refractivity contribution in [2.24, 2.45) is 0 Å². The number of rotatable bonds is 5. The number of piperazine rings is 1. The van der Waals surface area contributed by atoms with Crippen molar-refractivity contribution in [1.82, 2.24) is 9.88 Å². The van der Waals surface area contributed by atoms with E-state index in [9.17, 15) is 4.79 Å². The highest BCUT2D eigenvalue weighted by Crippen LogP contribution is 2.17. The molecule has 2 heterocycles. The van der Waals surface area contributed by atoms with Crippen LogP contribution in [0.4, 0.5) is 5.82 Å². The van der Waals surface area contributed by atoms with Gasteiger partial charge in [-0.1, -0.05) is 0 Å². The number of carboxylic acid groups (broad SMARTS) is 1. The molecular weight excluding hydrogens is 246 g/mol. The summed E-state index contributed by atoms with van der Waals surface area (Å²) in [7, 11) is 1.62. The lowest BCUT2D eigenvalue weighted by Crippen LogP contribution is -2.47. The molecule has 1 aliphatic heterocycles. The molecule has 0 bridgehead atoms. The summed E-state index contributed by atoms with van der Waals surface area (Å²) >= 11 is 0. The second-order valence-electron chi connectivity index (χ2n) is 4.53. The number of methoxy groups -OCH3 is 1. The largest absolute Gasteiger partial charge is 0.495 e. The minimum atomic E-state index is -0.737. The number of ether oxygens (including phenoxy) is 1. The molecule has 0 saturated carbocycles. The lowest BCUT2D eigenvalue weighted by atomic mass is 10.3. The van der Waals surface area contributed by atoms with E-state index in [4.69, 9.17) is 9.84 Å². The van der Waals surface area contributed by atoms with E-state index < -0.39 is 5.97 Å². The van der Waals surface area contributed by atoms with Crippen molar-refractivity contribution in [2.75, 3.05) is 44.7 Å². The molecule has 1 aromatic heterocycles. The van der Waals surface area contributed by atoms with Crippen LogP contribution in [0.2, 0.25) is 0 Å². The van der Waals surface area contributed by atoms with Gasteiger partial charge in [0.25, 0.3) is 0 Å². The van der Waals surface area contributed by atoms with Crippen molar-refractivity contribution < 1.29 is 14.6 Å². The molecule has 6 heteroatoms. The number of aromatic nitrogens is 1. The van der Waals surface area contributed by atoms with Crippen LogP contribution in [0.15, 0.2) is 18.3 Å². The standard InChI is InChI=1S/C13H19N3O3/c1-19-11-2-3-12(14-10-11)16-8-6-15(7-9-16)5-4-13(17)18/h2-3,10H,4-9H2,1H3,(H,17,18). The fraction of sp³-hybridized carbons (Fsp3) is 0.538. The Hall–Kier alpha value is -1.82. The van der Waals surface area contributed by atoms with Crippen LogP contribution >= 0.6 is 0 Å². The maximum atomic E-state index is 10.5. The first-order valence-electron chi connectivity index (χ1n) is 6.38. The van der Waals surface area contributed by atoms with Gasteiger partial charge in [-0.05, 0) is 12.1 Å². The third-order valence-electron chi connectivity index (χ3n) is 3.29. The van der Waals surface area contributed by atoms with Gasteiger partial charge in [0.15, 0.2) is 0 Å². The summed E-state index contributed by atoms with van der Waals surface area (Å²) in [5.74, 6) is 0.960. The summed E-state index contributed by atoms with van der Waals surface area (Å²) in [6.45, 7) is 4.12. The lowest BCUT2D eigenvalue weighted by Gasteiger charge is -2.35. The quantitative estimate of drug-likeness (QED) is 0.845. The van der Waals surface area contributed by atoms with Gasteiger partial charge in [0, 0.05) is 32.7 Å². The van der Waals surface area contributed by atoms with Crippen molar-refractivity contribution in [2.45, 2.75) is 6.42 Å². The third-order valence-corrected chi connectivity index (χ3v) is 3.29. The van der Waals surface area contributed by atoms with E-state index in [0.717, 1.165) is 37.7 Å². The highest BCUT2D eigenvalue weighted by atomic mass is 16.5. The fourth-order valence-electron chi connectivity index (χ4n) is 2.13. The maximum absolute atomic E-state index is 10.5. The number of pyridine rings is 1. The van der Waals surface area contributed by atoms with Gasteiger partial charge in [-0.15, -0.1) is 0 Å². The van der Waals surface area contributed by atoms with Crippen LogP contribution in [0.1, 0.15) is 6.42 Å². The van der Waals surface area contributed by atoms with Gasteiger partial charge < -0.3 is 14.7 Å². The summed E-state index contributed by atoms with van der Waals surface area (Å²) in [5.41, 5.74) is 0. The topological polar surface area (TPSA) is 65.9 Å². The van der Waals surface area contributed by atoms with Crippen molar-refractivity contribution in [1.29, 1.82) is 0 Å². The van der Waals surface area contributed by atoms with E-state index in [0.29, 0.717) is 6.54 Å². The average Bonchev–Trinajstić information content (AvgIpc) is 2.46. The predicted molar refractivity (Wildman–Crippen MR) is 71.7 cm³/mol. The van der Waals surface area contributed by atoms with Crippen LogP contribution in [-0.4, -0.2) is 60.8 Å². The Kier molecular flexibility index (Phi) is 4.57. The minimum absolute atomic E-state index is 0.209. The van der Waals surface area contributed by atoms with Crippen LogP contribution in [0.5, 0.6) is 5.75 Å². The Morgan fingerprint density at radius 1 is 1.37 bits per heavy atom. The summed E-state index contributed by atoms with van der Waals surface area (Å²) < 4.78 is 5.08. The molecule has 0 radical (unpaired) electrons. The predicted octanol–water partition coefficient (Wildman–Crippen LogP) is 0.687. The summed E-state index contributed by atoms with van der Waals surface area (Å²) in [6, 6.07) is 3.85. The molecule has 1 fully saturated rings. The molecule has 1 saturated heterocycles. The van der Waals surface area contributed by atoms with Crippen LogP contribution in [0.25, 0.3) is 0 Å². The Balaban J connectivity index is 1.83. The first kappa shape index (κ1) is 13.6. The molecule has 1 aliphatic rings. The van der Waals surface area contributed by atoms with Gasteiger partial charge in [0.1, 0.15) is 11.6 Å². The number of carboxylic acids is 1. The Bertz CT molecular complexity index is 414. The lowest BCUT2D eigenvalue weighted by molar-refractivity contribution is -0.137. The van der Waals surface area contributed by atoms with E-state index in [2.05, 4.69) is 14.8 Å². The van der Waals surface area contributed by atoms with Gasteiger partial charge >= 0.3 is 5.97 Å². The minimum Gasteiger partial charge on any atom is -0.495 e. The molecule has 0 amide bonds. The molecule has 0 aliphatic carbocycles. The molecule has 0 aromatic carbocycles. The van der Waals surface area contributed by atoms with Gasteiger partial charge in [0.2, 0.25) is 0 Å². The highest BCUT2D eigenvalue weighted by molar-refractivity contribution is 5.66. The number of hydrogen-bond donors (Lipinski definition) is 1. The second-order valence-corrected chi connectivity index (χ2v) is 4.53. The van der Waals surface area contributed by atoms with Crippen LogP contribution < -0.4 is 9.64 Å². The Morgan fingerprint density at radius 3 is 2.63 bits per heavy atom. The molecule has 6 nitrogen and oxygen atoms in total. The molecule has 0 atom stereocenters. The summed E-state index contributed by atoms with van der Waals surface area (Å²) in [5, 5.41) is 8.66. The molecule has 2 rings (SSSR count). The number of anilines is 1. The van der Waals surface area contributed by atoms with Gasteiger partial charge in [-0.2, -0.15) is 0 Å². The number of hydrogen-bond acceptors (Lipinski definition) is 5.